The monoisotopic (exact) mass is 438 g/mol. The number of carbonyl (C=O) groups is 1. The molecule has 0 aliphatic carbocycles. The first kappa shape index (κ1) is 18.6. The van der Waals surface area contributed by atoms with Crippen LogP contribution in [0.3, 0.4) is 0 Å². The minimum Gasteiger partial charge on any atom is -0.426 e. The van der Waals surface area contributed by atoms with Crippen LogP contribution in [0.5, 0.6) is 5.75 Å². The van der Waals surface area contributed by atoms with Crippen LogP contribution < -0.4 is 4.74 Å². The molecular weight excluding hydrogens is 418 g/mol. The predicted molar refractivity (Wildman–Crippen MR) is 103 cm³/mol. The van der Waals surface area contributed by atoms with E-state index in [1.165, 1.54) is 11.6 Å². The van der Waals surface area contributed by atoms with E-state index < -0.39 is 0 Å². The zero-order valence-corrected chi connectivity index (χ0v) is 16.0. The molecule has 126 valence electrons. The van der Waals surface area contributed by atoms with Crippen molar-refractivity contribution >= 4 is 28.6 Å². The fraction of sp³-hybridized carbons (Fsp3) is 0.250. The second-order valence-corrected chi connectivity index (χ2v) is 7.05. The maximum Gasteiger partial charge on any atom is 0.311 e. The average Bonchev–Trinajstić information content (AvgIpc) is 2.54. The Morgan fingerprint density at radius 1 is 1.17 bits per heavy atom. The molecule has 0 spiro atoms. The van der Waals surface area contributed by atoms with Crippen LogP contribution in [-0.2, 0) is 17.6 Å². The Morgan fingerprint density at radius 2 is 1.92 bits per heavy atom. The number of aryl methyl sites for hydroxylation is 1. The van der Waals surface area contributed by atoms with Crippen molar-refractivity contribution in [1.29, 1.82) is 0 Å². The number of ether oxygens (including phenoxy) is 1. The average molecular weight is 438 g/mol. The normalized spacial score (nSPS) is 10.3. The van der Waals surface area contributed by atoms with Crippen LogP contribution in [0.4, 0.5) is 4.39 Å². The summed E-state index contributed by atoms with van der Waals surface area (Å²) in [6.45, 7) is 4.07. The summed E-state index contributed by atoms with van der Waals surface area (Å²) < 4.78 is 20.2. The van der Waals surface area contributed by atoms with Gasteiger partial charge in [-0.1, -0.05) is 29.8 Å². The van der Waals surface area contributed by atoms with Crippen molar-refractivity contribution in [2.45, 2.75) is 33.1 Å². The molecule has 0 atom stereocenters. The summed E-state index contributed by atoms with van der Waals surface area (Å²) in [6, 6.07) is 12.2. The maximum absolute atomic E-state index is 13.6. The van der Waals surface area contributed by atoms with Crippen molar-refractivity contribution in [3.63, 3.8) is 0 Å². The maximum atomic E-state index is 13.6. The third-order valence-electron chi connectivity index (χ3n) is 3.53. The van der Waals surface area contributed by atoms with Crippen LogP contribution in [0, 0.1) is 9.39 Å². The first-order valence-corrected chi connectivity index (χ1v) is 8.89. The second-order valence-electron chi connectivity index (χ2n) is 5.80. The van der Waals surface area contributed by atoms with E-state index in [0.29, 0.717) is 17.7 Å². The van der Waals surface area contributed by atoms with Crippen LogP contribution in [0.2, 0.25) is 0 Å². The van der Waals surface area contributed by atoms with Crippen molar-refractivity contribution in [2.75, 3.05) is 0 Å². The number of halogens is 2. The summed E-state index contributed by atoms with van der Waals surface area (Å²) in [5, 5.41) is 0. The Labute approximate surface area is 155 Å². The third kappa shape index (κ3) is 5.74. The SMILES string of the molecule is CC(C)=CCc1cc(I)ccc1OC(=O)CCc1ccccc1F. The van der Waals surface area contributed by atoms with Gasteiger partial charge in [-0.25, -0.2) is 4.39 Å². The highest BCUT2D eigenvalue weighted by molar-refractivity contribution is 14.1. The zero-order valence-electron chi connectivity index (χ0n) is 13.8. The molecule has 2 aromatic carbocycles. The molecule has 0 bridgehead atoms. The van der Waals surface area contributed by atoms with Crippen LogP contribution in [0.15, 0.2) is 54.1 Å². The van der Waals surface area contributed by atoms with Crippen LogP contribution in [0.1, 0.15) is 31.4 Å². The molecule has 0 aromatic heterocycles. The first-order valence-electron chi connectivity index (χ1n) is 7.81. The quantitative estimate of drug-likeness (QED) is 0.259. The minimum absolute atomic E-state index is 0.148. The van der Waals surface area contributed by atoms with E-state index in [1.807, 2.05) is 32.0 Å². The molecule has 2 nitrogen and oxygen atoms in total. The summed E-state index contributed by atoms with van der Waals surface area (Å²) >= 11 is 2.24. The van der Waals surface area contributed by atoms with Gasteiger partial charge < -0.3 is 4.74 Å². The summed E-state index contributed by atoms with van der Waals surface area (Å²) in [4.78, 5) is 12.1. The van der Waals surface area contributed by atoms with Gasteiger partial charge in [-0.2, -0.15) is 0 Å². The van der Waals surface area contributed by atoms with E-state index in [-0.39, 0.29) is 18.2 Å². The number of esters is 1. The molecule has 0 fully saturated rings. The van der Waals surface area contributed by atoms with Gasteiger partial charge in [-0.15, -0.1) is 0 Å². The van der Waals surface area contributed by atoms with Gasteiger partial charge in [0.1, 0.15) is 11.6 Å². The van der Waals surface area contributed by atoms with Crippen LogP contribution in [0.25, 0.3) is 0 Å². The van der Waals surface area contributed by atoms with E-state index >= 15 is 0 Å². The summed E-state index contributed by atoms with van der Waals surface area (Å²) in [7, 11) is 0. The molecule has 0 radical (unpaired) electrons. The van der Waals surface area contributed by atoms with E-state index in [4.69, 9.17) is 4.74 Å². The van der Waals surface area contributed by atoms with Gasteiger partial charge in [0.15, 0.2) is 0 Å². The van der Waals surface area contributed by atoms with Gasteiger partial charge in [0.05, 0.1) is 6.42 Å². The number of rotatable bonds is 6. The molecule has 0 aliphatic rings. The van der Waals surface area contributed by atoms with E-state index in [2.05, 4.69) is 28.7 Å². The molecular formula is C20H20FIO2. The lowest BCUT2D eigenvalue weighted by Crippen LogP contribution is -2.11. The molecule has 2 rings (SSSR count). The Bertz CT molecular complexity index is 749. The molecule has 0 aliphatic heterocycles. The molecule has 0 saturated carbocycles. The van der Waals surface area contributed by atoms with E-state index in [0.717, 1.165) is 15.6 Å². The van der Waals surface area contributed by atoms with Gasteiger partial charge in [-0.3, -0.25) is 4.79 Å². The topological polar surface area (TPSA) is 26.3 Å². The highest BCUT2D eigenvalue weighted by atomic mass is 127. The largest absolute Gasteiger partial charge is 0.426 e. The Kier molecular flexibility index (Phi) is 6.97. The summed E-state index contributed by atoms with van der Waals surface area (Å²) in [6.07, 6.45) is 3.30. The van der Waals surface area contributed by atoms with Crippen molar-refractivity contribution in [3.8, 4) is 5.75 Å². The van der Waals surface area contributed by atoms with E-state index in [1.54, 1.807) is 18.2 Å². The van der Waals surface area contributed by atoms with Gasteiger partial charge in [-0.05, 0) is 84.7 Å². The first-order chi connectivity index (χ1) is 11.5. The van der Waals surface area contributed by atoms with Gasteiger partial charge in [0, 0.05) is 3.57 Å². The lowest BCUT2D eigenvalue weighted by molar-refractivity contribution is -0.134. The van der Waals surface area contributed by atoms with Crippen LogP contribution >= 0.6 is 22.6 Å². The predicted octanol–water partition coefficient (Wildman–Crippen LogP) is 5.48. The highest BCUT2D eigenvalue weighted by Crippen LogP contribution is 2.23. The third-order valence-corrected chi connectivity index (χ3v) is 4.20. The highest BCUT2D eigenvalue weighted by Gasteiger charge is 2.11. The Morgan fingerprint density at radius 3 is 2.62 bits per heavy atom. The zero-order chi connectivity index (χ0) is 17.5. The van der Waals surface area contributed by atoms with Crippen molar-refractivity contribution in [1.82, 2.24) is 0 Å². The number of carbonyl (C=O) groups excluding carboxylic acids is 1. The Hall–Kier alpha value is -1.69. The van der Waals surface area contributed by atoms with Gasteiger partial charge in [0.25, 0.3) is 0 Å². The fourth-order valence-corrected chi connectivity index (χ4v) is 2.79. The van der Waals surface area contributed by atoms with Crippen molar-refractivity contribution < 1.29 is 13.9 Å². The molecule has 24 heavy (non-hydrogen) atoms. The van der Waals surface area contributed by atoms with Gasteiger partial charge >= 0.3 is 5.97 Å². The summed E-state index contributed by atoms with van der Waals surface area (Å²) in [5.41, 5.74) is 2.72. The molecule has 2 aromatic rings. The fourth-order valence-electron chi connectivity index (χ4n) is 2.23. The van der Waals surface area contributed by atoms with Gasteiger partial charge in [0.2, 0.25) is 0 Å². The lowest BCUT2D eigenvalue weighted by atomic mass is 10.1. The smallest absolute Gasteiger partial charge is 0.311 e. The van der Waals surface area contributed by atoms with E-state index in [9.17, 15) is 9.18 Å². The second kappa shape index (κ2) is 8.97. The standard InChI is InChI=1S/C20H20FIO2/c1-14(2)7-8-16-13-17(22)10-11-19(16)24-20(23)12-9-15-5-3-4-6-18(15)21/h3-7,10-11,13H,8-9,12H2,1-2H3. The van der Waals surface area contributed by atoms with Crippen molar-refractivity contribution in [3.05, 3.63) is 74.6 Å². The summed E-state index contributed by atoms with van der Waals surface area (Å²) in [5.74, 6) is -0.0619. The minimum atomic E-state index is -0.349. The van der Waals surface area contributed by atoms with Crippen molar-refractivity contribution in [2.24, 2.45) is 0 Å². The molecule has 0 amide bonds. The molecule has 0 N–H and O–H groups in total. The number of benzene rings is 2. The number of hydrogen-bond acceptors (Lipinski definition) is 2. The number of allylic oxidation sites excluding steroid dienone is 2. The molecule has 0 unspecified atom stereocenters. The molecule has 0 heterocycles. The number of hydrogen-bond donors (Lipinski definition) is 0. The lowest BCUT2D eigenvalue weighted by Gasteiger charge is -2.10. The Balaban J connectivity index is 2.03. The van der Waals surface area contributed by atoms with Crippen LogP contribution in [-0.4, -0.2) is 5.97 Å². The molecule has 0 saturated heterocycles. The molecule has 4 heteroatoms.